The Morgan fingerprint density at radius 1 is 1.11 bits per heavy atom. The lowest BCUT2D eigenvalue weighted by Gasteiger charge is -2.24. The average Bonchev–Trinajstić information content (AvgIpc) is 3.27. The van der Waals surface area contributed by atoms with Crippen LogP contribution in [0, 0.1) is 6.92 Å². The quantitative estimate of drug-likeness (QED) is 0.271. The van der Waals surface area contributed by atoms with Gasteiger partial charge in [0.05, 0.1) is 32.1 Å². The summed E-state index contributed by atoms with van der Waals surface area (Å²) in [5.41, 5.74) is 0.997. The van der Waals surface area contributed by atoms with Gasteiger partial charge in [0.25, 0.3) is 0 Å². The van der Waals surface area contributed by atoms with E-state index in [0.717, 1.165) is 11.3 Å². The van der Waals surface area contributed by atoms with Gasteiger partial charge in [-0.25, -0.2) is 14.6 Å². The molecule has 3 aromatic rings. The second kappa shape index (κ2) is 12.5. The van der Waals surface area contributed by atoms with Crippen LogP contribution >= 0.6 is 7.60 Å². The van der Waals surface area contributed by atoms with Crippen molar-refractivity contribution in [2.45, 2.75) is 46.3 Å². The Labute approximate surface area is 204 Å². The molecule has 1 unspecified atom stereocenters. The molecule has 3 rings (SSSR count). The second-order valence-corrected chi connectivity index (χ2v) is 9.76. The summed E-state index contributed by atoms with van der Waals surface area (Å²) in [6.45, 7) is 7.62. The highest BCUT2D eigenvalue weighted by Crippen LogP contribution is 2.54. The van der Waals surface area contributed by atoms with Gasteiger partial charge in [-0.1, -0.05) is 23.4 Å². The highest BCUT2D eigenvalue weighted by Gasteiger charge is 2.42. The summed E-state index contributed by atoms with van der Waals surface area (Å²) in [6, 6.07) is 9.69. The van der Waals surface area contributed by atoms with Crippen molar-refractivity contribution in [3.05, 3.63) is 59.8 Å². The summed E-state index contributed by atoms with van der Waals surface area (Å²) in [5, 5.41) is 11.7. The predicted octanol–water partition coefficient (Wildman–Crippen LogP) is 3.91. The van der Waals surface area contributed by atoms with E-state index in [-0.39, 0.29) is 26.2 Å². The number of aryl methyl sites for hydroxylation is 1. The fourth-order valence-corrected chi connectivity index (χ4v) is 5.30. The van der Waals surface area contributed by atoms with E-state index in [9.17, 15) is 9.36 Å². The minimum Gasteiger partial charge on any atom is -0.465 e. The van der Waals surface area contributed by atoms with Gasteiger partial charge >= 0.3 is 13.6 Å². The first kappa shape index (κ1) is 26.5. The van der Waals surface area contributed by atoms with Crippen molar-refractivity contribution < 1.29 is 23.1 Å². The van der Waals surface area contributed by atoms with E-state index >= 15 is 0 Å². The molecule has 0 bridgehead atoms. The van der Waals surface area contributed by atoms with E-state index in [2.05, 4.69) is 25.6 Å². The Balaban J connectivity index is 1.82. The normalized spacial score (nSPS) is 12.3. The van der Waals surface area contributed by atoms with Crippen molar-refractivity contribution in [3.63, 3.8) is 0 Å². The fourth-order valence-electron chi connectivity index (χ4n) is 3.40. The molecule has 35 heavy (non-hydrogen) atoms. The summed E-state index contributed by atoms with van der Waals surface area (Å²) >= 11 is 0. The number of anilines is 2. The highest BCUT2D eigenvalue weighted by molar-refractivity contribution is 7.55. The summed E-state index contributed by atoms with van der Waals surface area (Å²) in [4.78, 5) is 21.5. The van der Waals surface area contributed by atoms with E-state index in [1.807, 2.05) is 37.3 Å². The lowest BCUT2D eigenvalue weighted by Crippen LogP contribution is -2.28. The van der Waals surface area contributed by atoms with Crippen molar-refractivity contribution in [1.29, 1.82) is 0 Å². The molecule has 188 valence electrons. The molecule has 2 aromatic heterocycles. The van der Waals surface area contributed by atoms with Crippen molar-refractivity contribution in [2.24, 2.45) is 0 Å². The molecule has 0 amide bonds. The van der Waals surface area contributed by atoms with Crippen LogP contribution in [0.1, 0.15) is 37.9 Å². The average molecular weight is 503 g/mol. The van der Waals surface area contributed by atoms with Crippen LogP contribution in [0.3, 0.4) is 0 Å². The molecule has 0 saturated heterocycles. The zero-order valence-corrected chi connectivity index (χ0v) is 21.3. The smallest absolute Gasteiger partial charge is 0.345 e. The van der Waals surface area contributed by atoms with Crippen LogP contribution in [0.2, 0.25) is 0 Å². The zero-order valence-electron chi connectivity index (χ0n) is 20.4. The van der Waals surface area contributed by atoms with Gasteiger partial charge in [0.15, 0.2) is 5.66 Å². The number of carbonyl (C=O) groups is 1. The van der Waals surface area contributed by atoms with Gasteiger partial charge in [0.1, 0.15) is 11.6 Å². The first-order chi connectivity index (χ1) is 16.9. The van der Waals surface area contributed by atoms with Crippen LogP contribution in [0.4, 0.5) is 11.5 Å². The summed E-state index contributed by atoms with van der Waals surface area (Å²) in [6.07, 6.45) is 3.41. The molecule has 1 aromatic carbocycles. The SMILES string of the molecule is CCOC(=O)C(Cc1cn(Cc2cnc(C)nc2Nc2ccccc2)nn1)P(=O)(OCC)OCC. The van der Waals surface area contributed by atoms with Crippen LogP contribution < -0.4 is 5.32 Å². The number of nitrogens with zero attached hydrogens (tertiary/aromatic N) is 5. The lowest BCUT2D eigenvalue weighted by molar-refractivity contribution is -0.143. The number of benzene rings is 1. The van der Waals surface area contributed by atoms with E-state index in [1.54, 1.807) is 37.8 Å². The Bertz CT molecular complexity index is 1150. The molecule has 1 N–H and O–H groups in total. The van der Waals surface area contributed by atoms with Gasteiger partial charge in [0, 0.05) is 30.1 Å². The third-order valence-corrected chi connectivity index (χ3v) is 7.29. The maximum atomic E-state index is 13.4. The number of esters is 1. The number of hydrogen-bond donors (Lipinski definition) is 1. The van der Waals surface area contributed by atoms with Crippen LogP contribution in [-0.4, -0.2) is 56.4 Å². The largest absolute Gasteiger partial charge is 0.465 e. The topological polar surface area (TPSA) is 130 Å². The molecule has 0 fully saturated rings. The summed E-state index contributed by atoms with van der Waals surface area (Å²) < 4.78 is 30.9. The van der Waals surface area contributed by atoms with Gasteiger partial charge < -0.3 is 19.1 Å². The Morgan fingerprint density at radius 2 is 1.83 bits per heavy atom. The van der Waals surface area contributed by atoms with Crippen LogP contribution in [0.25, 0.3) is 0 Å². The molecule has 0 saturated carbocycles. The van der Waals surface area contributed by atoms with E-state index < -0.39 is 19.2 Å². The molecule has 0 aliphatic rings. The minimum absolute atomic E-state index is 0.00433. The lowest BCUT2D eigenvalue weighted by atomic mass is 10.2. The number of para-hydroxylation sites is 1. The first-order valence-corrected chi connectivity index (χ1v) is 13.1. The Hall–Kier alpha value is -3.14. The number of rotatable bonds is 13. The van der Waals surface area contributed by atoms with E-state index in [1.165, 1.54) is 0 Å². The Kier molecular flexibility index (Phi) is 9.47. The van der Waals surface area contributed by atoms with Gasteiger partial charge in [-0.05, 0) is 39.8 Å². The van der Waals surface area contributed by atoms with Gasteiger partial charge in [-0.2, -0.15) is 0 Å². The van der Waals surface area contributed by atoms with Gasteiger partial charge in [0.2, 0.25) is 0 Å². The number of nitrogens with one attached hydrogen (secondary N) is 1. The highest BCUT2D eigenvalue weighted by atomic mass is 31.2. The first-order valence-electron chi connectivity index (χ1n) is 11.5. The number of aromatic nitrogens is 5. The van der Waals surface area contributed by atoms with E-state index in [0.29, 0.717) is 23.9 Å². The summed E-state index contributed by atoms with van der Waals surface area (Å²) in [7, 11) is -3.77. The Morgan fingerprint density at radius 3 is 2.49 bits per heavy atom. The molecular formula is C23H31N6O5P. The molecule has 2 heterocycles. The molecule has 0 spiro atoms. The van der Waals surface area contributed by atoms with E-state index in [4.69, 9.17) is 13.8 Å². The third-order valence-electron chi connectivity index (χ3n) is 4.90. The summed E-state index contributed by atoms with van der Waals surface area (Å²) in [5.74, 6) is 0.627. The number of carbonyl (C=O) groups excluding carboxylic acids is 1. The van der Waals surface area contributed by atoms with Gasteiger partial charge in [-0.15, -0.1) is 5.10 Å². The predicted molar refractivity (Wildman–Crippen MR) is 131 cm³/mol. The molecular weight excluding hydrogens is 471 g/mol. The van der Waals surface area contributed by atoms with Crippen molar-refractivity contribution in [2.75, 3.05) is 25.1 Å². The molecule has 0 aliphatic heterocycles. The maximum absolute atomic E-state index is 13.4. The second-order valence-electron chi connectivity index (χ2n) is 7.54. The standard InChI is InChI=1S/C23H31N6O5P/c1-5-32-23(30)21(35(31,33-6-2)34-7-3)13-20-16-29(28-27-20)15-18-14-24-17(4)25-22(18)26-19-11-9-8-10-12-19/h8-12,14,16,21H,5-7,13,15H2,1-4H3,(H,24,25,26). The van der Waals surface area contributed by atoms with Crippen molar-refractivity contribution in [3.8, 4) is 0 Å². The number of ether oxygens (including phenoxy) is 1. The monoisotopic (exact) mass is 502 g/mol. The van der Waals surface area contributed by atoms with Crippen LogP contribution in [0.5, 0.6) is 0 Å². The van der Waals surface area contributed by atoms with Crippen molar-refractivity contribution in [1.82, 2.24) is 25.0 Å². The molecule has 1 atom stereocenters. The maximum Gasteiger partial charge on any atom is 0.345 e. The number of hydrogen-bond acceptors (Lipinski definition) is 10. The van der Waals surface area contributed by atoms with Crippen molar-refractivity contribution >= 4 is 25.1 Å². The minimum atomic E-state index is -3.77. The fraction of sp³-hybridized carbons (Fsp3) is 0.435. The van der Waals surface area contributed by atoms with Crippen LogP contribution in [-0.2, 0) is 36.1 Å². The molecule has 0 aliphatic carbocycles. The van der Waals surface area contributed by atoms with Crippen LogP contribution in [0.15, 0.2) is 42.7 Å². The molecule has 12 heteroatoms. The molecule has 11 nitrogen and oxygen atoms in total. The zero-order chi connectivity index (χ0) is 25.3. The third kappa shape index (κ3) is 7.17. The molecule has 0 radical (unpaired) electrons. The van der Waals surface area contributed by atoms with Gasteiger partial charge in [-0.3, -0.25) is 9.36 Å².